The number of nitrogens with two attached hydrogens (primary N) is 1. The van der Waals surface area contributed by atoms with Gasteiger partial charge >= 0.3 is 0 Å². The summed E-state index contributed by atoms with van der Waals surface area (Å²) in [6.07, 6.45) is 2.04. The van der Waals surface area contributed by atoms with Crippen molar-refractivity contribution in [3.8, 4) is 0 Å². The Morgan fingerprint density at radius 2 is 1.90 bits per heavy atom. The minimum absolute atomic E-state index is 0.0978. The zero-order chi connectivity index (χ0) is 15.1. The number of halogens is 3. The van der Waals surface area contributed by atoms with E-state index in [0.29, 0.717) is 11.6 Å². The van der Waals surface area contributed by atoms with E-state index in [1.807, 2.05) is 0 Å². The van der Waals surface area contributed by atoms with E-state index in [1.165, 1.54) is 23.0 Å². The Morgan fingerprint density at radius 1 is 1.14 bits per heavy atom. The van der Waals surface area contributed by atoms with Gasteiger partial charge in [0.25, 0.3) is 0 Å². The van der Waals surface area contributed by atoms with Crippen LogP contribution in [0, 0.1) is 5.82 Å². The molecule has 2 N–H and O–H groups in total. The molecule has 0 amide bonds. The summed E-state index contributed by atoms with van der Waals surface area (Å²) in [5.74, 6) is -2.48. The van der Waals surface area contributed by atoms with Crippen molar-refractivity contribution in [1.82, 2.24) is 4.68 Å². The second-order valence-corrected chi connectivity index (χ2v) is 4.57. The predicted molar refractivity (Wildman–Crippen MR) is 72.8 cm³/mol. The number of allylic oxidation sites excluding steroid dienone is 2. The van der Waals surface area contributed by atoms with Gasteiger partial charge in [0.1, 0.15) is 11.6 Å². The molecule has 21 heavy (non-hydrogen) atoms. The zero-order valence-electron chi connectivity index (χ0n) is 10.7. The average Bonchev–Trinajstić information content (AvgIpc) is 2.44. The third-order valence-corrected chi connectivity index (χ3v) is 3.21. The first kappa shape index (κ1) is 13.3. The van der Waals surface area contributed by atoms with Crippen LogP contribution in [0.3, 0.4) is 0 Å². The molecule has 0 spiro atoms. The second kappa shape index (κ2) is 4.69. The van der Waals surface area contributed by atoms with Crippen LogP contribution in [0.1, 0.15) is 0 Å². The lowest BCUT2D eigenvalue weighted by atomic mass is 10.2. The van der Waals surface area contributed by atoms with Gasteiger partial charge in [0, 0.05) is 18.3 Å². The highest BCUT2D eigenvalue weighted by Crippen LogP contribution is 2.21. The number of benzene rings is 1. The van der Waals surface area contributed by atoms with Gasteiger partial charge in [0.2, 0.25) is 0 Å². The Labute approximate surface area is 117 Å². The summed E-state index contributed by atoms with van der Waals surface area (Å²) in [5, 5.41) is 1.23. The Kier molecular flexibility index (Phi) is 2.97. The van der Waals surface area contributed by atoms with Crippen LogP contribution in [0.25, 0.3) is 10.9 Å². The number of pyridine rings is 1. The monoisotopic (exact) mass is 293 g/mol. The van der Waals surface area contributed by atoms with Crippen LogP contribution in [0.2, 0.25) is 0 Å². The van der Waals surface area contributed by atoms with E-state index >= 15 is 0 Å². The average molecular weight is 293 g/mol. The highest BCUT2D eigenvalue weighted by Gasteiger charge is 2.21. The fourth-order valence-electron chi connectivity index (χ4n) is 2.23. The Hall–Kier alpha value is -2.70. The number of hydrogen-bond donors (Lipinski definition) is 1. The first-order chi connectivity index (χ1) is 9.97. The van der Waals surface area contributed by atoms with Crippen molar-refractivity contribution in [3.05, 3.63) is 70.1 Å². The molecule has 1 aromatic carbocycles. The highest BCUT2D eigenvalue weighted by atomic mass is 19.1. The topological polar surface area (TPSA) is 51.3 Å². The van der Waals surface area contributed by atoms with Crippen molar-refractivity contribution in [2.75, 3.05) is 11.6 Å². The molecule has 1 aromatic heterocycles. The second-order valence-electron chi connectivity index (χ2n) is 4.57. The largest absolute Gasteiger partial charge is 0.382 e. The summed E-state index contributed by atoms with van der Waals surface area (Å²) < 4.78 is 41.6. The number of hydrogen-bond acceptors (Lipinski definition) is 3. The van der Waals surface area contributed by atoms with Crippen molar-refractivity contribution in [1.29, 1.82) is 0 Å². The molecule has 0 saturated carbocycles. The van der Waals surface area contributed by atoms with E-state index in [9.17, 15) is 18.0 Å². The number of rotatable bonds is 1. The van der Waals surface area contributed by atoms with Gasteiger partial charge in [-0.1, -0.05) is 0 Å². The van der Waals surface area contributed by atoms with E-state index in [0.717, 1.165) is 17.1 Å². The molecule has 2 aromatic rings. The molecule has 0 bridgehead atoms. The minimum atomic E-state index is -0.910. The first-order valence-electron chi connectivity index (χ1n) is 6.07. The van der Waals surface area contributed by atoms with E-state index in [4.69, 9.17) is 5.73 Å². The Morgan fingerprint density at radius 3 is 2.67 bits per heavy atom. The summed E-state index contributed by atoms with van der Waals surface area (Å²) in [4.78, 5) is 11.8. The van der Waals surface area contributed by atoms with Crippen LogP contribution in [-0.4, -0.2) is 11.2 Å². The minimum Gasteiger partial charge on any atom is -0.382 e. The van der Waals surface area contributed by atoms with Crippen LogP contribution in [0.15, 0.2) is 58.8 Å². The molecular weight excluding hydrogens is 283 g/mol. The molecule has 0 atom stereocenters. The third-order valence-electron chi connectivity index (χ3n) is 3.21. The number of nitrogens with zero attached hydrogens (tertiary/aromatic N) is 2. The van der Waals surface area contributed by atoms with Crippen LogP contribution in [0.5, 0.6) is 0 Å². The third kappa shape index (κ3) is 2.16. The maximum absolute atomic E-state index is 13.6. The number of aromatic nitrogens is 1. The van der Waals surface area contributed by atoms with Gasteiger partial charge in [-0.2, -0.15) is 0 Å². The van der Waals surface area contributed by atoms with Gasteiger partial charge in [0.15, 0.2) is 17.1 Å². The van der Waals surface area contributed by atoms with Crippen molar-refractivity contribution >= 4 is 10.9 Å². The molecule has 0 radical (unpaired) electrons. The van der Waals surface area contributed by atoms with Gasteiger partial charge in [-0.05, 0) is 18.2 Å². The molecule has 1 aliphatic rings. The lowest BCUT2D eigenvalue weighted by Gasteiger charge is -2.30. The summed E-state index contributed by atoms with van der Waals surface area (Å²) in [6.45, 7) is -0.283. The van der Waals surface area contributed by atoms with E-state index < -0.39 is 22.9 Å². The maximum atomic E-state index is 13.6. The van der Waals surface area contributed by atoms with Crippen molar-refractivity contribution in [3.63, 3.8) is 0 Å². The Bertz CT molecular complexity index is 854. The normalized spacial score (nSPS) is 15.6. The Balaban J connectivity index is 2.25. The first-order valence-corrected chi connectivity index (χ1v) is 6.07. The lowest BCUT2D eigenvalue weighted by molar-refractivity contribution is 0.524. The fraction of sp³-hybridized carbons (Fsp3) is 0.0714. The molecular formula is C14H10F3N3O. The van der Waals surface area contributed by atoms with E-state index in [2.05, 4.69) is 0 Å². The number of fused-ring (bicyclic) bond motifs is 1. The summed E-state index contributed by atoms with van der Waals surface area (Å²) >= 11 is 0. The van der Waals surface area contributed by atoms with Crippen LogP contribution in [-0.2, 0) is 0 Å². The van der Waals surface area contributed by atoms with Crippen molar-refractivity contribution < 1.29 is 13.2 Å². The SMILES string of the molecule is NC1=C(F)C=C(F)CN1n1ccc(=O)c2cc(F)ccc21. The molecule has 4 nitrogen and oxygen atoms in total. The van der Waals surface area contributed by atoms with Gasteiger partial charge in [-0.15, -0.1) is 0 Å². The molecule has 108 valence electrons. The zero-order valence-corrected chi connectivity index (χ0v) is 10.7. The standard InChI is InChI=1S/C14H10F3N3O/c15-8-1-2-12-10(5-8)13(21)3-4-19(12)20-7-9(16)6-11(17)14(20)18/h1-6H,7,18H2. The van der Waals surface area contributed by atoms with Gasteiger partial charge < -0.3 is 5.73 Å². The highest BCUT2D eigenvalue weighted by molar-refractivity contribution is 5.79. The molecule has 2 heterocycles. The molecule has 1 aliphatic heterocycles. The molecule has 7 heteroatoms. The molecule has 0 saturated heterocycles. The summed E-state index contributed by atoms with van der Waals surface area (Å²) in [6, 6.07) is 4.77. The molecule has 0 aliphatic carbocycles. The van der Waals surface area contributed by atoms with Crippen molar-refractivity contribution in [2.24, 2.45) is 5.73 Å². The molecule has 0 unspecified atom stereocenters. The maximum Gasteiger partial charge on any atom is 0.189 e. The van der Waals surface area contributed by atoms with Gasteiger partial charge in [0.05, 0.1) is 17.4 Å². The fourth-order valence-corrected chi connectivity index (χ4v) is 2.23. The van der Waals surface area contributed by atoms with Crippen LogP contribution < -0.4 is 16.2 Å². The van der Waals surface area contributed by atoms with Gasteiger partial charge in [-0.25, -0.2) is 13.2 Å². The quantitative estimate of drug-likeness (QED) is 0.875. The van der Waals surface area contributed by atoms with E-state index in [-0.39, 0.29) is 17.8 Å². The smallest absolute Gasteiger partial charge is 0.189 e. The summed E-state index contributed by atoms with van der Waals surface area (Å²) in [7, 11) is 0. The lowest BCUT2D eigenvalue weighted by Crippen LogP contribution is -2.41. The molecule has 3 rings (SSSR count). The predicted octanol–water partition coefficient (Wildman–Crippen LogP) is 2.04. The van der Waals surface area contributed by atoms with E-state index in [1.54, 1.807) is 0 Å². The van der Waals surface area contributed by atoms with Crippen LogP contribution >= 0.6 is 0 Å². The van der Waals surface area contributed by atoms with Crippen LogP contribution in [0.4, 0.5) is 13.2 Å². The molecule has 0 fully saturated rings. The van der Waals surface area contributed by atoms with Gasteiger partial charge in [-0.3, -0.25) is 14.5 Å². The van der Waals surface area contributed by atoms with Crippen molar-refractivity contribution in [2.45, 2.75) is 0 Å². The summed E-state index contributed by atoms with van der Waals surface area (Å²) in [5.41, 5.74) is 5.53.